The third-order valence-corrected chi connectivity index (χ3v) is 4.79. The van der Waals surface area contributed by atoms with E-state index >= 15 is 0 Å². The summed E-state index contributed by atoms with van der Waals surface area (Å²) >= 11 is 0. The molecule has 2 aromatic carbocycles. The molecule has 1 amide bonds. The Morgan fingerprint density at radius 1 is 1.00 bits per heavy atom. The van der Waals surface area contributed by atoms with Gasteiger partial charge in [-0.05, 0) is 35.4 Å². The Balaban J connectivity index is 1.57. The second-order valence-corrected chi connectivity index (χ2v) is 6.86. The molecule has 0 radical (unpaired) electrons. The normalized spacial score (nSPS) is 17.1. The quantitative estimate of drug-likeness (QED) is 0.743. The Hall–Kier alpha value is -2.65. The van der Waals surface area contributed by atoms with Crippen molar-refractivity contribution in [2.24, 2.45) is 5.73 Å². The van der Waals surface area contributed by atoms with Gasteiger partial charge in [0, 0.05) is 32.7 Å². The molecule has 1 aliphatic heterocycles. The molecular formula is C20H21F4N3O2. The Bertz CT molecular complexity index is 817. The number of rotatable bonds is 6. The number of nitrogens with zero attached hydrogens (tertiary/aromatic N) is 2. The monoisotopic (exact) mass is 411 g/mol. The molecule has 2 aromatic rings. The number of benzene rings is 2. The molecule has 1 saturated heterocycles. The molecule has 1 fully saturated rings. The van der Waals surface area contributed by atoms with Gasteiger partial charge in [0.2, 0.25) is 5.91 Å². The van der Waals surface area contributed by atoms with Crippen molar-refractivity contribution >= 4 is 5.91 Å². The molecule has 3 rings (SSSR count). The highest BCUT2D eigenvalue weighted by molar-refractivity contribution is 5.81. The van der Waals surface area contributed by atoms with Gasteiger partial charge in [-0.2, -0.15) is 0 Å². The molecule has 1 aliphatic rings. The van der Waals surface area contributed by atoms with Crippen molar-refractivity contribution in [3.05, 3.63) is 65.5 Å². The third-order valence-electron chi connectivity index (χ3n) is 4.79. The largest absolute Gasteiger partial charge is 0.573 e. The van der Waals surface area contributed by atoms with E-state index in [0.29, 0.717) is 38.3 Å². The number of halogens is 4. The number of hydrogen-bond donors (Lipinski definition) is 1. The Morgan fingerprint density at radius 3 is 2.10 bits per heavy atom. The molecule has 9 heteroatoms. The van der Waals surface area contributed by atoms with Gasteiger partial charge < -0.3 is 10.5 Å². The summed E-state index contributed by atoms with van der Waals surface area (Å²) in [5, 5.41) is 0. The highest BCUT2D eigenvalue weighted by Gasteiger charge is 2.31. The molecule has 0 aromatic heterocycles. The van der Waals surface area contributed by atoms with Gasteiger partial charge in [0.05, 0.1) is 0 Å². The van der Waals surface area contributed by atoms with Gasteiger partial charge in [0.25, 0.3) is 0 Å². The molecule has 1 atom stereocenters. The van der Waals surface area contributed by atoms with Gasteiger partial charge >= 0.3 is 6.36 Å². The van der Waals surface area contributed by atoms with Crippen LogP contribution in [0.2, 0.25) is 0 Å². The van der Waals surface area contributed by atoms with Crippen LogP contribution in [-0.2, 0) is 11.3 Å². The van der Waals surface area contributed by atoms with Crippen LogP contribution in [0.25, 0.3) is 0 Å². The van der Waals surface area contributed by atoms with Crippen LogP contribution in [0.1, 0.15) is 17.2 Å². The lowest BCUT2D eigenvalue weighted by atomic mass is 10.0. The maximum atomic E-state index is 13.2. The minimum Gasteiger partial charge on any atom is -0.406 e. The summed E-state index contributed by atoms with van der Waals surface area (Å²) < 4.78 is 53.7. The molecule has 0 bridgehead atoms. The summed E-state index contributed by atoms with van der Waals surface area (Å²) in [6, 6.07) is 10.9. The number of nitrogens with two attached hydrogens (primary N) is 1. The number of carbonyl (C=O) groups excluding carboxylic acids is 1. The van der Waals surface area contributed by atoms with Crippen molar-refractivity contribution in [2.75, 3.05) is 26.2 Å². The fraction of sp³-hybridized carbons (Fsp3) is 0.350. The molecule has 0 spiro atoms. The van der Waals surface area contributed by atoms with Gasteiger partial charge in [0.15, 0.2) is 0 Å². The van der Waals surface area contributed by atoms with Gasteiger partial charge in [-0.3, -0.25) is 14.6 Å². The summed E-state index contributed by atoms with van der Waals surface area (Å²) in [4.78, 5) is 16.1. The van der Waals surface area contributed by atoms with Gasteiger partial charge in [-0.15, -0.1) is 13.2 Å². The van der Waals surface area contributed by atoms with E-state index in [2.05, 4.69) is 9.64 Å². The molecule has 2 N–H and O–H groups in total. The van der Waals surface area contributed by atoms with Crippen molar-refractivity contribution < 1.29 is 27.1 Å². The van der Waals surface area contributed by atoms with Crippen molar-refractivity contribution in [3.63, 3.8) is 0 Å². The van der Waals surface area contributed by atoms with E-state index in [-0.39, 0.29) is 11.6 Å². The molecule has 1 unspecified atom stereocenters. The molecule has 0 aliphatic carbocycles. The maximum absolute atomic E-state index is 13.2. The first-order valence-corrected chi connectivity index (χ1v) is 9.07. The van der Waals surface area contributed by atoms with Gasteiger partial charge in [-0.1, -0.05) is 24.3 Å². The van der Waals surface area contributed by atoms with Crippen LogP contribution in [0, 0.1) is 5.82 Å². The fourth-order valence-electron chi connectivity index (χ4n) is 3.43. The van der Waals surface area contributed by atoms with Gasteiger partial charge in [-0.25, -0.2) is 4.39 Å². The van der Waals surface area contributed by atoms with Crippen LogP contribution < -0.4 is 10.5 Å². The van der Waals surface area contributed by atoms with E-state index in [4.69, 9.17) is 5.73 Å². The second kappa shape index (κ2) is 8.79. The summed E-state index contributed by atoms with van der Waals surface area (Å²) in [7, 11) is 0. The van der Waals surface area contributed by atoms with E-state index in [1.54, 1.807) is 24.3 Å². The van der Waals surface area contributed by atoms with Crippen LogP contribution in [0.3, 0.4) is 0 Å². The van der Waals surface area contributed by atoms with Crippen LogP contribution >= 0.6 is 0 Å². The Labute approximate surface area is 165 Å². The lowest BCUT2D eigenvalue weighted by molar-refractivity contribution is -0.274. The standard InChI is InChI=1S/C20H21F4N3O2/c21-16-5-3-15(4-6-16)18(19(25)28)27-11-9-26(10-12-27)13-14-1-7-17(8-2-14)29-20(22,23)24/h1-8,18H,9-13H2,(H2,25,28). The SMILES string of the molecule is NC(=O)C(c1ccc(F)cc1)N1CCN(Cc2ccc(OC(F)(F)F)cc2)CC1. The topological polar surface area (TPSA) is 58.8 Å². The molecular weight excluding hydrogens is 390 g/mol. The van der Waals surface area contributed by atoms with E-state index in [1.165, 1.54) is 24.3 Å². The van der Waals surface area contributed by atoms with Crippen LogP contribution in [-0.4, -0.2) is 48.2 Å². The van der Waals surface area contributed by atoms with E-state index < -0.39 is 18.3 Å². The summed E-state index contributed by atoms with van der Waals surface area (Å²) in [5.41, 5.74) is 7.08. The highest BCUT2D eigenvalue weighted by Crippen LogP contribution is 2.25. The number of hydrogen-bond acceptors (Lipinski definition) is 4. The number of carbonyl (C=O) groups is 1. The Kier molecular flexibility index (Phi) is 6.39. The van der Waals surface area contributed by atoms with Crippen LogP contribution in [0.4, 0.5) is 17.6 Å². The minimum absolute atomic E-state index is 0.255. The lowest BCUT2D eigenvalue weighted by Gasteiger charge is -2.38. The first-order valence-electron chi connectivity index (χ1n) is 9.07. The smallest absolute Gasteiger partial charge is 0.406 e. The zero-order valence-electron chi connectivity index (χ0n) is 15.5. The van der Waals surface area contributed by atoms with E-state index in [9.17, 15) is 22.4 Å². The number of primary amides is 1. The third kappa shape index (κ3) is 5.91. The first-order chi connectivity index (χ1) is 13.7. The van der Waals surface area contributed by atoms with Crippen molar-refractivity contribution in [3.8, 4) is 5.75 Å². The average Bonchev–Trinajstić information content (AvgIpc) is 2.65. The number of alkyl halides is 3. The summed E-state index contributed by atoms with van der Waals surface area (Å²) in [6.45, 7) is 3.05. The van der Waals surface area contributed by atoms with Gasteiger partial charge in [0.1, 0.15) is 17.6 Å². The summed E-state index contributed by atoms with van der Waals surface area (Å²) in [5.74, 6) is -1.13. The predicted molar refractivity (Wildman–Crippen MR) is 98.3 cm³/mol. The van der Waals surface area contributed by atoms with E-state index in [0.717, 1.165) is 5.56 Å². The highest BCUT2D eigenvalue weighted by atomic mass is 19.4. The molecule has 156 valence electrons. The predicted octanol–water partition coefficient (Wildman–Crippen LogP) is 3.07. The summed E-state index contributed by atoms with van der Waals surface area (Å²) in [6.07, 6.45) is -4.71. The first kappa shape index (κ1) is 21.1. The van der Waals surface area contributed by atoms with Crippen LogP contribution in [0.5, 0.6) is 5.75 Å². The van der Waals surface area contributed by atoms with E-state index in [1.807, 2.05) is 4.90 Å². The molecule has 1 heterocycles. The zero-order chi connectivity index (χ0) is 21.0. The number of piperazine rings is 1. The average molecular weight is 411 g/mol. The van der Waals surface area contributed by atoms with Crippen molar-refractivity contribution in [1.82, 2.24) is 9.80 Å². The molecule has 0 saturated carbocycles. The minimum atomic E-state index is -4.71. The zero-order valence-corrected chi connectivity index (χ0v) is 15.5. The molecule has 5 nitrogen and oxygen atoms in total. The number of ether oxygens (including phenoxy) is 1. The lowest BCUT2D eigenvalue weighted by Crippen LogP contribution is -2.49. The number of amides is 1. The van der Waals surface area contributed by atoms with Crippen LogP contribution in [0.15, 0.2) is 48.5 Å². The second-order valence-electron chi connectivity index (χ2n) is 6.86. The molecule has 29 heavy (non-hydrogen) atoms. The maximum Gasteiger partial charge on any atom is 0.573 e. The Morgan fingerprint density at radius 2 is 1.59 bits per heavy atom. The van der Waals surface area contributed by atoms with Crippen molar-refractivity contribution in [1.29, 1.82) is 0 Å². The fourth-order valence-corrected chi connectivity index (χ4v) is 3.43. The van der Waals surface area contributed by atoms with Crippen molar-refractivity contribution in [2.45, 2.75) is 18.9 Å².